The molecular formula is C34H39FN6O5. The van der Waals surface area contributed by atoms with Crippen LogP contribution in [0.4, 0.5) is 4.39 Å². The van der Waals surface area contributed by atoms with Crippen LogP contribution in [0.2, 0.25) is 0 Å². The number of carbonyl (C=O) groups is 3. The van der Waals surface area contributed by atoms with Crippen LogP contribution in [-0.4, -0.2) is 74.8 Å². The number of amides is 3. The van der Waals surface area contributed by atoms with Crippen LogP contribution < -0.4 is 10.9 Å². The van der Waals surface area contributed by atoms with E-state index in [0.717, 1.165) is 13.1 Å². The Labute approximate surface area is 266 Å². The number of nitrogens with one attached hydrogen (secondary N) is 1. The number of carbonyl (C=O) groups excluding carboxylic acids is 3. The second kappa shape index (κ2) is 11.7. The Kier molecular flexibility index (Phi) is 7.95. The van der Waals surface area contributed by atoms with Gasteiger partial charge in [0.05, 0.1) is 0 Å². The van der Waals surface area contributed by atoms with Gasteiger partial charge in [-0.1, -0.05) is 36.4 Å². The Morgan fingerprint density at radius 3 is 2.26 bits per heavy atom. The van der Waals surface area contributed by atoms with Crippen molar-refractivity contribution in [1.29, 1.82) is 0 Å². The second-order valence-electron chi connectivity index (χ2n) is 13.3. The maximum absolute atomic E-state index is 14.0. The molecular weight excluding hydrogens is 591 g/mol. The van der Waals surface area contributed by atoms with E-state index >= 15 is 0 Å². The minimum atomic E-state index is -1.16. The monoisotopic (exact) mass is 630 g/mol. The third-order valence-electron chi connectivity index (χ3n) is 10.1. The molecule has 11 nitrogen and oxygen atoms in total. The maximum Gasteiger partial charge on any atom is 0.312 e. The summed E-state index contributed by atoms with van der Waals surface area (Å²) in [6.07, 6.45) is 2.12. The molecule has 4 heterocycles. The molecule has 7 rings (SSSR count). The van der Waals surface area contributed by atoms with Gasteiger partial charge in [0.15, 0.2) is 5.69 Å². The molecule has 1 aromatic heterocycles. The number of aromatic nitrogens is 2. The molecule has 46 heavy (non-hydrogen) atoms. The van der Waals surface area contributed by atoms with E-state index in [4.69, 9.17) is 0 Å². The first-order valence-electron chi connectivity index (χ1n) is 15.5. The third-order valence-corrected chi connectivity index (χ3v) is 10.1. The van der Waals surface area contributed by atoms with E-state index < -0.39 is 40.3 Å². The first-order chi connectivity index (χ1) is 21.8. The number of nitrogens with zero attached hydrogens (tertiary/aromatic N) is 5. The molecule has 2 aromatic carbocycles. The van der Waals surface area contributed by atoms with E-state index in [1.165, 1.54) is 51.7 Å². The normalized spacial score (nSPS) is 21.7. The highest BCUT2D eigenvalue weighted by Crippen LogP contribution is 2.52. The summed E-state index contributed by atoms with van der Waals surface area (Å²) in [5.41, 5.74) is 0.842. The molecule has 0 atom stereocenters. The molecule has 0 spiro atoms. The van der Waals surface area contributed by atoms with E-state index in [-0.39, 0.29) is 30.1 Å². The molecule has 3 aliphatic heterocycles. The zero-order valence-corrected chi connectivity index (χ0v) is 26.6. The molecule has 4 aliphatic rings. The van der Waals surface area contributed by atoms with Crippen molar-refractivity contribution in [3.63, 3.8) is 0 Å². The molecule has 1 fully saturated rings. The third kappa shape index (κ3) is 5.34. The highest BCUT2D eigenvalue weighted by Gasteiger charge is 2.55. The topological polar surface area (TPSA) is 128 Å². The minimum absolute atomic E-state index is 0.0156. The lowest BCUT2D eigenvalue weighted by Crippen LogP contribution is -2.55. The summed E-state index contributed by atoms with van der Waals surface area (Å²) in [7, 11) is 4.54. The first-order valence-corrected chi connectivity index (χ1v) is 15.5. The average molecular weight is 631 g/mol. The smallest absolute Gasteiger partial charge is 0.312 e. The number of fused-ring (bicyclic) bond motifs is 3. The first kappa shape index (κ1) is 31.4. The van der Waals surface area contributed by atoms with E-state index in [1.807, 2.05) is 12.1 Å². The van der Waals surface area contributed by atoms with Crippen LogP contribution in [0.15, 0.2) is 47.3 Å². The lowest BCUT2D eigenvalue weighted by Gasteiger charge is -2.47. The lowest BCUT2D eigenvalue weighted by molar-refractivity contribution is -0.155. The Hall–Kier alpha value is -4.58. The summed E-state index contributed by atoms with van der Waals surface area (Å²) in [6.45, 7) is 4.15. The average Bonchev–Trinajstić information content (AvgIpc) is 3.32. The van der Waals surface area contributed by atoms with Crippen LogP contribution in [0, 0.1) is 18.2 Å². The Bertz CT molecular complexity index is 1770. The highest BCUT2D eigenvalue weighted by atomic mass is 19.1. The fraction of sp³-hybridized carbons (Fsp3) is 0.441. The molecule has 1 saturated carbocycles. The van der Waals surface area contributed by atoms with E-state index in [1.54, 1.807) is 20.0 Å². The van der Waals surface area contributed by atoms with Gasteiger partial charge in [0.2, 0.25) is 5.75 Å². The van der Waals surface area contributed by atoms with Gasteiger partial charge in [-0.2, -0.15) is 0 Å². The van der Waals surface area contributed by atoms with Crippen LogP contribution in [0.5, 0.6) is 5.75 Å². The van der Waals surface area contributed by atoms with Crippen molar-refractivity contribution in [3.05, 3.63) is 92.4 Å². The van der Waals surface area contributed by atoms with Crippen LogP contribution in [0.1, 0.15) is 64.2 Å². The molecule has 3 amide bonds. The van der Waals surface area contributed by atoms with Crippen molar-refractivity contribution in [2.75, 3.05) is 27.7 Å². The SMILES string of the molecule is Cc1cc(CNC(=O)c2nc3n(c(=O)c2O)CC2(CN4Cc5ccccc5C4)CCC3(N(C)C(=O)C(=O)N(C)C)CC2)ccc1F. The standard InChI is InChI=1S/C34H39FN6O5/c1-21-15-22(9-10-25(21)35)16-36-28(43)26-27(42)29(44)41-20-33(19-40-17-23-7-5-6-8-24(23)18-40)11-13-34(14-12-33,32(41)37-26)39(4)31(46)30(45)38(2)3/h5-10,15,42H,11-14,16-20H2,1-4H3,(H,36,43). The van der Waals surface area contributed by atoms with E-state index in [9.17, 15) is 28.7 Å². The molecule has 0 unspecified atom stereocenters. The Morgan fingerprint density at radius 2 is 1.65 bits per heavy atom. The fourth-order valence-electron chi connectivity index (χ4n) is 7.41. The fourth-order valence-corrected chi connectivity index (χ4v) is 7.41. The van der Waals surface area contributed by atoms with E-state index in [0.29, 0.717) is 43.4 Å². The van der Waals surface area contributed by atoms with Crippen molar-refractivity contribution >= 4 is 17.7 Å². The predicted molar refractivity (Wildman–Crippen MR) is 167 cm³/mol. The minimum Gasteiger partial charge on any atom is -0.501 e. The number of aromatic hydroxyl groups is 1. The summed E-state index contributed by atoms with van der Waals surface area (Å²) in [4.78, 5) is 63.3. The summed E-state index contributed by atoms with van der Waals surface area (Å²) in [5.74, 6) is -3.21. The highest BCUT2D eigenvalue weighted by molar-refractivity contribution is 6.34. The number of halogens is 1. The molecule has 242 valence electrons. The lowest BCUT2D eigenvalue weighted by atomic mass is 9.67. The number of benzene rings is 2. The van der Waals surface area contributed by atoms with Gasteiger partial charge in [-0.15, -0.1) is 0 Å². The zero-order valence-electron chi connectivity index (χ0n) is 26.6. The van der Waals surface area contributed by atoms with Gasteiger partial charge in [0.25, 0.3) is 11.5 Å². The van der Waals surface area contributed by atoms with Crippen molar-refractivity contribution in [1.82, 2.24) is 29.6 Å². The van der Waals surface area contributed by atoms with Crippen LogP contribution >= 0.6 is 0 Å². The molecule has 3 aromatic rings. The van der Waals surface area contributed by atoms with Crippen LogP contribution in [-0.2, 0) is 41.3 Å². The van der Waals surface area contributed by atoms with Crippen molar-refractivity contribution in [2.45, 2.75) is 64.3 Å². The molecule has 2 bridgehead atoms. The molecule has 2 N–H and O–H groups in total. The number of aryl methyl sites for hydroxylation is 1. The summed E-state index contributed by atoms with van der Waals surface area (Å²) >= 11 is 0. The van der Waals surface area contributed by atoms with Gasteiger partial charge in [-0.05, 0) is 60.9 Å². The van der Waals surface area contributed by atoms with Crippen molar-refractivity contribution in [2.24, 2.45) is 5.41 Å². The van der Waals surface area contributed by atoms with Gasteiger partial charge in [0, 0.05) is 59.3 Å². The number of rotatable bonds is 6. The molecule has 1 aliphatic carbocycles. The number of likely N-dealkylation sites (N-methyl/N-ethyl adjacent to an activating group) is 2. The molecule has 0 saturated heterocycles. The summed E-state index contributed by atoms with van der Waals surface area (Å²) in [6, 6.07) is 12.8. The second-order valence-corrected chi connectivity index (χ2v) is 13.3. The predicted octanol–water partition coefficient (Wildman–Crippen LogP) is 2.66. The maximum atomic E-state index is 14.0. The van der Waals surface area contributed by atoms with Crippen molar-refractivity contribution < 1.29 is 23.9 Å². The van der Waals surface area contributed by atoms with Crippen molar-refractivity contribution in [3.8, 4) is 5.75 Å². The van der Waals surface area contributed by atoms with Gasteiger partial charge >= 0.3 is 11.8 Å². The van der Waals surface area contributed by atoms with Crippen LogP contribution in [0.25, 0.3) is 0 Å². The zero-order chi connectivity index (χ0) is 33.0. The quantitative estimate of drug-likeness (QED) is 0.401. The summed E-state index contributed by atoms with van der Waals surface area (Å²) in [5, 5.41) is 13.8. The van der Waals surface area contributed by atoms with Gasteiger partial charge in [0.1, 0.15) is 17.2 Å². The Balaban J connectivity index is 1.38. The molecule has 12 heteroatoms. The largest absolute Gasteiger partial charge is 0.501 e. The van der Waals surface area contributed by atoms with Gasteiger partial charge < -0.3 is 20.2 Å². The van der Waals surface area contributed by atoms with E-state index in [2.05, 4.69) is 27.3 Å². The number of hydrogen-bond acceptors (Lipinski definition) is 7. The van der Waals surface area contributed by atoms with Crippen LogP contribution in [0.3, 0.4) is 0 Å². The summed E-state index contributed by atoms with van der Waals surface area (Å²) < 4.78 is 15.2. The number of hydrogen-bond donors (Lipinski definition) is 2. The Morgan fingerprint density at radius 1 is 1.00 bits per heavy atom. The van der Waals surface area contributed by atoms with Gasteiger partial charge in [-0.25, -0.2) is 9.37 Å². The van der Waals surface area contributed by atoms with Gasteiger partial charge in [-0.3, -0.25) is 28.6 Å². The molecule has 0 radical (unpaired) electrons.